The van der Waals surface area contributed by atoms with Gasteiger partial charge in [0, 0.05) is 101 Å². The van der Waals surface area contributed by atoms with Gasteiger partial charge in [0.25, 0.3) is 0 Å². The van der Waals surface area contributed by atoms with Crippen molar-refractivity contribution in [3.05, 3.63) is 449 Å². The second-order valence-corrected chi connectivity index (χ2v) is 33.1. The number of nitrogens with zero attached hydrogens (tertiary/aromatic N) is 6. The van der Waals surface area contributed by atoms with Crippen LogP contribution in [0.5, 0.6) is 0 Å². The summed E-state index contributed by atoms with van der Waals surface area (Å²) >= 11 is 0. The molecule has 0 atom stereocenters. The van der Waals surface area contributed by atoms with Gasteiger partial charge in [-0.1, -0.05) is 309 Å². The number of fused-ring (bicyclic) bond motifs is 17. The molecule has 0 unspecified atom stereocenters. The van der Waals surface area contributed by atoms with E-state index in [2.05, 4.69) is 477 Å². The molecule has 0 fully saturated rings. The second kappa shape index (κ2) is 27.5. The Balaban J connectivity index is 0.000000100. The van der Waals surface area contributed by atoms with Crippen molar-refractivity contribution >= 4 is 184 Å². The van der Waals surface area contributed by atoms with Crippen molar-refractivity contribution in [2.24, 2.45) is 0 Å². The molecule has 28 rings (SSSR count). The van der Waals surface area contributed by atoms with Crippen LogP contribution in [0.25, 0.3) is 241 Å². The minimum atomic E-state index is 1.15. The van der Waals surface area contributed by atoms with E-state index < -0.39 is 0 Å². The van der Waals surface area contributed by atoms with Gasteiger partial charge in [-0.05, 0) is 230 Å². The van der Waals surface area contributed by atoms with Crippen LogP contribution in [0, 0.1) is 0 Å². The fourth-order valence-electron chi connectivity index (χ4n) is 20.9. The maximum absolute atomic E-state index is 2.42. The molecule has 28 aromatic rings. The average molecular weight is 1580 g/mol. The van der Waals surface area contributed by atoms with Gasteiger partial charge in [-0.15, -0.1) is 0 Å². The zero-order valence-corrected chi connectivity index (χ0v) is 67.4. The highest BCUT2D eigenvalue weighted by Gasteiger charge is 2.24. The molecule has 22 aromatic carbocycles. The van der Waals surface area contributed by atoms with E-state index in [-0.39, 0.29) is 0 Å². The summed E-state index contributed by atoms with van der Waals surface area (Å²) in [6, 6.07) is 157. The van der Waals surface area contributed by atoms with Crippen LogP contribution < -0.4 is 0 Å². The Kier molecular flexibility index (Phi) is 15.4. The Morgan fingerprint density at radius 2 is 0.444 bits per heavy atom. The van der Waals surface area contributed by atoms with Crippen molar-refractivity contribution in [3.8, 4) is 56.4 Å². The van der Waals surface area contributed by atoms with Crippen molar-refractivity contribution in [2.45, 2.75) is 0 Å². The quantitative estimate of drug-likeness (QED) is 0.107. The molecule has 0 aliphatic heterocycles. The molecule has 0 saturated heterocycles. The van der Waals surface area contributed by atoms with Crippen LogP contribution in [0.15, 0.2) is 449 Å². The SMILES string of the molecule is c1ccc(-n2c3ccccc3c3ccc4ccn(-c5ccc(-c6ccc7ccc8cccc9ccc6c7c89)cc5)c4c32)cc1.c1ccc(-n2c3ccccc3c3ccc4ccn(-c5ccc6cc7ccccc7cc6c5)c4c32)cc1.c1ccc(-n2c3ccccc3c3ccc4ccn(-c5cccc(-c6ccc7ccc8cccc9ccc6c7c89)c5)c4c32)cc1. The van der Waals surface area contributed by atoms with E-state index in [4.69, 9.17) is 0 Å². The summed E-state index contributed by atoms with van der Waals surface area (Å²) in [5, 5.41) is 32.2. The molecule has 0 aliphatic rings. The third-order valence-corrected chi connectivity index (χ3v) is 26.4. The number of benzene rings is 22. The molecule has 124 heavy (non-hydrogen) atoms. The molecule has 6 heteroatoms. The van der Waals surface area contributed by atoms with E-state index in [1.807, 2.05) is 0 Å². The highest BCUT2D eigenvalue weighted by molar-refractivity contribution is 6.28. The van der Waals surface area contributed by atoms with Crippen molar-refractivity contribution in [1.29, 1.82) is 0 Å². The summed E-state index contributed by atoms with van der Waals surface area (Å²) < 4.78 is 14.3. The molecule has 6 nitrogen and oxygen atoms in total. The summed E-state index contributed by atoms with van der Waals surface area (Å²) in [5.41, 5.74) is 23.0. The fraction of sp³-hybridized carbons (Fsp3) is 0. The minimum Gasteiger partial charge on any atom is -0.315 e. The van der Waals surface area contributed by atoms with E-state index in [9.17, 15) is 0 Å². The Morgan fingerprint density at radius 3 is 0.895 bits per heavy atom. The van der Waals surface area contributed by atoms with Crippen molar-refractivity contribution < 1.29 is 0 Å². The zero-order chi connectivity index (χ0) is 81.2. The van der Waals surface area contributed by atoms with Crippen LogP contribution in [-0.2, 0) is 0 Å². The third-order valence-electron chi connectivity index (χ3n) is 26.4. The van der Waals surface area contributed by atoms with Gasteiger partial charge >= 0.3 is 0 Å². The summed E-state index contributed by atoms with van der Waals surface area (Å²) in [7, 11) is 0. The first-order valence-corrected chi connectivity index (χ1v) is 42.8. The van der Waals surface area contributed by atoms with Crippen LogP contribution in [0.3, 0.4) is 0 Å². The van der Waals surface area contributed by atoms with E-state index in [0.29, 0.717) is 0 Å². The lowest BCUT2D eigenvalue weighted by molar-refractivity contribution is 1.12. The second-order valence-electron chi connectivity index (χ2n) is 33.1. The van der Waals surface area contributed by atoms with Crippen molar-refractivity contribution in [3.63, 3.8) is 0 Å². The summed E-state index contributed by atoms with van der Waals surface area (Å²) in [6.07, 6.45) is 6.64. The van der Waals surface area contributed by atoms with Gasteiger partial charge in [0.05, 0.1) is 49.7 Å². The number of rotatable bonds is 8. The zero-order valence-electron chi connectivity index (χ0n) is 67.4. The van der Waals surface area contributed by atoms with E-state index in [1.165, 1.54) is 229 Å². The molecule has 6 aromatic heterocycles. The van der Waals surface area contributed by atoms with Crippen LogP contribution in [0.2, 0.25) is 0 Å². The monoisotopic (exact) mass is 1570 g/mol. The highest BCUT2D eigenvalue weighted by atomic mass is 15.1. The maximum Gasteiger partial charge on any atom is 0.0788 e. The minimum absolute atomic E-state index is 1.15. The number of hydrogen-bond acceptors (Lipinski definition) is 0. The molecule has 0 spiro atoms. The lowest BCUT2D eigenvalue weighted by Gasteiger charge is -2.15. The Morgan fingerprint density at radius 1 is 0.137 bits per heavy atom. The van der Waals surface area contributed by atoms with Crippen molar-refractivity contribution in [1.82, 2.24) is 27.4 Å². The average Bonchev–Trinajstić information content (AvgIpc) is 1.54. The number of para-hydroxylation sites is 6. The van der Waals surface area contributed by atoms with E-state index in [0.717, 1.165) is 11.4 Å². The fourth-order valence-corrected chi connectivity index (χ4v) is 20.9. The molecule has 0 N–H and O–H groups in total. The van der Waals surface area contributed by atoms with Crippen LogP contribution in [0.4, 0.5) is 0 Å². The maximum atomic E-state index is 2.42. The van der Waals surface area contributed by atoms with E-state index in [1.54, 1.807) is 0 Å². The summed E-state index contributed by atoms with van der Waals surface area (Å²) in [6.45, 7) is 0. The first-order valence-electron chi connectivity index (χ1n) is 42.8. The summed E-state index contributed by atoms with van der Waals surface area (Å²) in [4.78, 5) is 0. The van der Waals surface area contributed by atoms with Crippen LogP contribution >= 0.6 is 0 Å². The molecule has 0 aliphatic carbocycles. The Labute approximate surface area is 712 Å². The molecule has 576 valence electrons. The van der Waals surface area contributed by atoms with Gasteiger partial charge in [-0.2, -0.15) is 0 Å². The number of aromatic nitrogens is 6. The Bertz CT molecular complexity index is 9140. The molecular weight excluding hydrogens is 1500 g/mol. The standard InChI is InChI=1S/2C42H26N2.C34H22N2/c1-2-11-32(12-3-1)44-38-15-5-4-14-35(38)37-23-20-30-24-25-43(41(30)42(37)44)33-13-7-10-31(26-33)34-21-18-29-17-16-27-8-6-9-28-19-22-36(34)40(29)39(27)28;1-2-9-33(10-3-1)44-38-12-5-4-11-35(38)37-24-19-31-25-26-43(41(31)42(37)44)32-20-15-27(16-21-32)34-22-17-30-14-13-28-7-6-8-29-18-23-36(34)40(30)39(28)29;1-2-10-28(11-3-1)36-32-13-7-6-12-30(32)31-17-15-23-18-19-35(33(23)34(31)36)29-16-14-26-20-24-8-4-5-9-25(24)21-27(26)22-29/h2*1-26H;1-22H. The van der Waals surface area contributed by atoms with E-state index >= 15 is 0 Å². The van der Waals surface area contributed by atoms with Gasteiger partial charge in [0.15, 0.2) is 0 Å². The third kappa shape index (κ3) is 10.7. The van der Waals surface area contributed by atoms with Crippen LogP contribution in [0.1, 0.15) is 0 Å². The molecule has 0 bridgehead atoms. The highest BCUT2D eigenvalue weighted by Crippen LogP contribution is 2.47. The Hall–Kier alpha value is -16.5. The molecule has 0 radical (unpaired) electrons. The molecular formula is C118H74N6. The smallest absolute Gasteiger partial charge is 0.0788 e. The lowest BCUT2D eigenvalue weighted by atomic mass is 9.90. The van der Waals surface area contributed by atoms with Gasteiger partial charge in [-0.25, -0.2) is 0 Å². The summed E-state index contributed by atoms with van der Waals surface area (Å²) in [5.74, 6) is 0. The predicted molar refractivity (Wildman–Crippen MR) is 526 cm³/mol. The molecule has 0 saturated carbocycles. The van der Waals surface area contributed by atoms with Crippen LogP contribution in [-0.4, -0.2) is 27.4 Å². The number of hydrogen-bond donors (Lipinski definition) is 0. The molecule has 0 amide bonds. The normalized spacial score (nSPS) is 12.0. The lowest BCUT2D eigenvalue weighted by Crippen LogP contribution is -1.98. The van der Waals surface area contributed by atoms with Gasteiger partial charge < -0.3 is 27.4 Å². The van der Waals surface area contributed by atoms with Gasteiger partial charge in [-0.3, -0.25) is 0 Å². The largest absolute Gasteiger partial charge is 0.315 e. The topological polar surface area (TPSA) is 29.6 Å². The first-order chi connectivity index (χ1) is 61.5. The predicted octanol–water partition coefficient (Wildman–Crippen LogP) is 31.6. The van der Waals surface area contributed by atoms with Gasteiger partial charge in [0.2, 0.25) is 0 Å². The van der Waals surface area contributed by atoms with Gasteiger partial charge in [0.1, 0.15) is 0 Å². The first kappa shape index (κ1) is 69.4. The van der Waals surface area contributed by atoms with Crippen molar-refractivity contribution in [2.75, 3.05) is 0 Å². The molecule has 6 heterocycles.